The fourth-order valence-electron chi connectivity index (χ4n) is 2.34. The van der Waals surface area contributed by atoms with Crippen molar-refractivity contribution in [3.05, 3.63) is 16.4 Å². The molecule has 1 aromatic heterocycles. The number of aromatic nitrogens is 2. The van der Waals surface area contributed by atoms with Crippen LogP contribution in [-0.4, -0.2) is 34.7 Å². The Hall–Kier alpha value is -0.580. The van der Waals surface area contributed by atoms with E-state index in [9.17, 15) is 5.11 Å². The van der Waals surface area contributed by atoms with E-state index >= 15 is 0 Å². The lowest BCUT2D eigenvalue weighted by Crippen LogP contribution is -2.29. The van der Waals surface area contributed by atoms with Crippen molar-refractivity contribution < 1.29 is 9.84 Å². The third-order valence-corrected chi connectivity index (χ3v) is 4.00. The molecule has 1 aliphatic heterocycles. The van der Waals surface area contributed by atoms with Gasteiger partial charge in [0.2, 0.25) is 0 Å². The molecule has 1 N–H and O–H groups in total. The van der Waals surface area contributed by atoms with E-state index < -0.39 is 0 Å². The first kappa shape index (κ1) is 12.9. The van der Waals surface area contributed by atoms with E-state index in [1.807, 2.05) is 18.7 Å². The highest BCUT2D eigenvalue weighted by atomic mass is 35.5. The maximum absolute atomic E-state index is 9.57. The van der Waals surface area contributed by atoms with Crippen LogP contribution in [0.15, 0.2) is 0 Å². The van der Waals surface area contributed by atoms with Gasteiger partial charge in [-0.1, -0.05) is 18.5 Å². The van der Waals surface area contributed by atoms with Crippen LogP contribution in [0.1, 0.15) is 24.7 Å². The lowest BCUT2D eigenvalue weighted by Gasteiger charge is -2.24. The number of hydrogen-bond acceptors (Lipinski definition) is 3. The van der Waals surface area contributed by atoms with Crippen LogP contribution in [0.4, 0.5) is 0 Å². The Kier molecular flexibility index (Phi) is 3.76. The van der Waals surface area contributed by atoms with Crippen LogP contribution in [0, 0.1) is 5.41 Å². The van der Waals surface area contributed by atoms with Crippen LogP contribution in [0.25, 0.3) is 0 Å². The third kappa shape index (κ3) is 2.34. The molecule has 1 aromatic rings. The van der Waals surface area contributed by atoms with Crippen molar-refractivity contribution in [2.75, 3.05) is 19.8 Å². The molecule has 4 nitrogen and oxygen atoms in total. The van der Waals surface area contributed by atoms with Gasteiger partial charge in [-0.25, -0.2) is 0 Å². The molecule has 0 spiro atoms. The molecule has 2 heterocycles. The zero-order chi connectivity index (χ0) is 12.5. The standard InChI is InChI=1S/C12H19ClN2O2/c1-3-9-11(13)10(15(2)14-9)6-12(7-16)4-5-17-8-12/h16H,3-8H2,1-2H3. The normalized spacial score (nSPS) is 24.5. The summed E-state index contributed by atoms with van der Waals surface area (Å²) >= 11 is 6.32. The van der Waals surface area contributed by atoms with Gasteiger partial charge in [0, 0.05) is 25.5 Å². The zero-order valence-corrected chi connectivity index (χ0v) is 11.1. The monoisotopic (exact) mass is 258 g/mol. The van der Waals surface area contributed by atoms with Crippen LogP contribution >= 0.6 is 11.6 Å². The summed E-state index contributed by atoms with van der Waals surface area (Å²) in [6.45, 7) is 3.50. The maximum atomic E-state index is 9.57. The number of nitrogens with zero attached hydrogens (tertiary/aromatic N) is 2. The molecule has 1 saturated heterocycles. The summed E-state index contributed by atoms with van der Waals surface area (Å²) in [7, 11) is 1.90. The average Bonchev–Trinajstić information content (AvgIpc) is 2.90. The van der Waals surface area contributed by atoms with E-state index in [1.54, 1.807) is 0 Å². The predicted octanol–water partition coefficient (Wildman–Crippen LogP) is 1.58. The topological polar surface area (TPSA) is 47.3 Å². The molecule has 5 heteroatoms. The highest BCUT2D eigenvalue weighted by molar-refractivity contribution is 6.31. The molecule has 1 fully saturated rings. The molecular formula is C12H19ClN2O2. The van der Waals surface area contributed by atoms with E-state index in [-0.39, 0.29) is 12.0 Å². The zero-order valence-electron chi connectivity index (χ0n) is 10.4. The Morgan fingerprint density at radius 3 is 2.82 bits per heavy atom. The van der Waals surface area contributed by atoms with Crippen molar-refractivity contribution in [3.8, 4) is 0 Å². The van der Waals surface area contributed by atoms with E-state index in [2.05, 4.69) is 5.10 Å². The Bertz CT molecular complexity index is 397. The molecule has 2 rings (SSSR count). The number of aryl methyl sites for hydroxylation is 2. The maximum Gasteiger partial charge on any atom is 0.0849 e. The Morgan fingerprint density at radius 2 is 2.35 bits per heavy atom. The van der Waals surface area contributed by atoms with Gasteiger partial charge < -0.3 is 9.84 Å². The van der Waals surface area contributed by atoms with Gasteiger partial charge in [0.05, 0.1) is 29.6 Å². The van der Waals surface area contributed by atoms with Gasteiger partial charge >= 0.3 is 0 Å². The summed E-state index contributed by atoms with van der Waals surface area (Å²) < 4.78 is 7.23. The Balaban J connectivity index is 2.25. The van der Waals surface area contributed by atoms with Gasteiger partial charge in [-0.2, -0.15) is 5.10 Å². The molecule has 0 bridgehead atoms. The highest BCUT2D eigenvalue weighted by Crippen LogP contribution is 2.35. The smallest absolute Gasteiger partial charge is 0.0849 e. The summed E-state index contributed by atoms with van der Waals surface area (Å²) in [5.74, 6) is 0. The van der Waals surface area contributed by atoms with E-state index in [1.165, 1.54) is 0 Å². The number of ether oxygens (including phenoxy) is 1. The van der Waals surface area contributed by atoms with Gasteiger partial charge in [-0.3, -0.25) is 4.68 Å². The van der Waals surface area contributed by atoms with Crippen LogP contribution in [0.2, 0.25) is 5.02 Å². The molecule has 1 unspecified atom stereocenters. The van der Waals surface area contributed by atoms with Crippen LogP contribution in [-0.2, 0) is 24.6 Å². The molecule has 0 aromatic carbocycles. The van der Waals surface area contributed by atoms with Crippen LogP contribution in [0.5, 0.6) is 0 Å². The van der Waals surface area contributed by atoms with Gasteiger partial charge in [0.25, 0.3) is 0 Å². The molecule has 1 aliphatic rings. The molecule has 0 radical (unpaired) electrons. The quantitative estimate of drug-likeness (QED) is 0.892. The van der Waals surface area contributed by atoms with Crippen molar-refractivity contribution in [2.45, 2.75) is 26.2 Å². The third-order valence-electron chi connectivity index (χ3n) is 3.57. The SMILES string of the molecule is CCc1nn(C)c(CC2(CO)CCOC2)c1Cl. The van der Waals surface area contributed by atoms with Crippen LogP contribution < -0.4 is 0 Å². The second kappa shape index (κ2) is 4.96. The van der Waals surface area contributed by atoms with Gasteiger partial charge in [0.1, 0.15) is 0 Å². The molecule has 1 atom stereocenters. The van der Waals surface area contributed by atoms with Crippen LogP contribution in [0.3, 0.4) is 0 Å². The minimum Gasteiger partial charge on any atom is -0.396 e. The van der Waals surface area contributed by atoms with E-state index in [0.717, 1.165) is 42.3 Å². The predicted molar refractivity (Wildman–Crippen MR) is 66.3 cm³/mol. The fraction of sp³-hybridized carbons (Fsp3) is 0.750. The van der Waals surface area contributed by atoms with Crippen molar-refractivity contribution in [3.63, 3.8) is 0 Å². The van der Waals surface area contributed by atoms with Crippen molar-refractivity contribution >= 4 is 11.6 Å². The number of halogens is 1. The van der Waals surface area contributed by atoms with Gasteiger partial charge in [-0.05, 0) is 12.8 Å². The molecule has 0 aliphatic carbocycles. The van der Waals surface area contributed by atoms with E-state index in [4.69, 9.17) is 16.3 Å². The summed E-state index contributed by atoms with van der Waals surface area (Å²) in [5.41, 5.74) is 1.75. The first-order valence-electron chi connectivity index (χ1n) is 6.01. The summed E-state index contributed by atoms with van der Waals surface area (Å²) in [5, 5.41) is 14.7. The fourth-order valence-corrected chi connectivity index (χ4v) is 2.70. The highest BCUT2D eigenvalue weighted by Gasteiger charge is 2.36. The van der Waals surface area contributed by atoms with Crippen molar-refractivity contribution in [1.29, 1.82) is 0 Å². The van der Waals surface area contributed by atoms with Crippen molar-refractivity contribution in [2.24, 2.45) is 12.5 Å². The number of rotatable bonds is 4. The second-order valence-electron chi connectivity index (χ2n) is 4.82. The average molecular weight is 259 g/mol. The molecule has 0 amide bonds. The minimum absolute atomic E-state index is 0.135. The first-order chi connectivity index (χ1) is 8.12. The number of aliphatic hydroxyl groups is 1. The first-order valence-corrected chi connectivity index (χ1v) is 6.38. The molecule has 96 valence electrons. The van der Waals surface area contributed by atoms with Gasteiger partial charge in [0.15, 0.2) is 0 Å². The van der Waals surface area contributed by atoms with Crippen molar-refractivity contribution in [1.82, 2.24) is 9.78 Å². The summed E-state index contributed by atoms with van der Waals surface area (Å²) in [6, 6.07) is 0. The minimum atomic E-state index is -0.178. The second-order valence-corrected chi connectivity index (χ2v) is 5.20. The summed E-state index contributed by atoms with van der Waals surface area (Å²) in [6.07, 6.45) is 2.44. The lowest BCUT2D eigenvalue weighted by atomic mass is 9.83. The van der Waals surface area contributed by atoms with E-state index in [0.29, 0.717) is 6.61 Å². The number of hydrogen-bond donors (Lipinski definition) is 1. The molecule has 0 saturated carbocycles. The molecular weight excluding hydrogens is 240 g/mol. The number of aliphatic hydroxyl groups excluding tert-OH is 1. The Labute approximate surface area is 107 Å². The van der Waals surface area contributed by atoms with Gasteiger partial charge in [-0.15, -0.1) is 0 Å². The Morgan fingerprint density at radius 1 is 1.59 bits per heavy atom. The molecule has 17 heavy (non-hydrogen) atoms. The largest absolute Gasteiger partial charge is 0.396 e. The summed E-state index contributed by atoms with van der Waals surface area (Å²) in [4.78, 5) is 0. The lowest BCUT2D eigenvalue weighted by molar-refractivity contribution is 0.0921.